The Morgan fingerprint density at radius 3 is 2.32 bits per heavy atom. The molecule has 0 unspecified atom stereocenters. The number of ether oxygens (including phenoxy) is 1. The predicted octanol–water partition coefficient (Wildman–Crippen LogP) is 5.70. The van der Waals surface area contributed by atoms with E-state index in [0.717, 1.165) is 12.8 Å². The van der Waals surface area contributed by atoms with E-state index in [2.05, 4.69) is 12.1 Å². The summed E-state index contributed by atoms with van der Waals surface area (Å²) < 4.78 is 5.43. The first-order chi connectivity index (χ1) is 18.3. The molecule has 38 heavy (non-hydrogen) atoms. The Hall–Kier alpha value is -3.77. The molecule has 3 aromatic carbocycles. The second kappa shape index (κ2) is 9.52. The van der Waals surface area contributed by atoms with E-state index in [-0.39, 0.29) is 52.8 Å². The van der Waals surface area contributed by atoms with Crippen molar-refractivity contribution in [2.75, 3.05) is 4.90 Å². The van der Waals surface area contributed by atoms with Gasteiger partial charge in [-0.05, 0) is 85.5 Å². The monoisotopic (exact) mass is 527 g/mol. The lowest BCUT2D eigenvalue weighted by Crippen LogP contribution is -2.33. The van der Waals surface area contributed by atoms with Crippen molar-refractivity contribution in [1.29, 1.82) is 0 Å². The average molecular weight is 528 g/mol. The Labute approximate surface area is 225 Å². The summed E-state index contributed by atoms with van der Waals surface area (Å²) in [6.45, 7) is 1.51. The van der Waals surface area contributed by atoms with Crippen molar-refractivity contribution in [2.24, 2.45) is 23.7 Å². The van der Waals surface area contributed by atoms with Gasteiger partial charge in [-0.2, -0.15) is 0 Å². The summed E-state index contributed by atoms with van der Waals surface area (Å²) >= 11 is 5.89. The maximum atomic E-state index is 13.6. The SMILES string of the molecule is C[C@@H](OC(=O)c1cccc(N2C(=O)[C@@H]3[C@H]4C[C@@H]([C@@H]3C2=O)[C@H](c2ccccc2)C4)c1)C(=O)c1ccc(Cl)cc1. The minimum atomic E-state index is -1.02. The lowest BCUT2D eigenvalue weighted by molar-refractivity contribution is -0.123. The smallest absolute Gasteiger partial charge is 0.338 e. The Bertz CT molecular complexity index is 1440. The van der Waals surface area contributed by atoms with Crippen LogP contribution in [0.2, 0.25) is 5.02 Å². The summed E-state index contributed by atoms with van der Waals surface area (Å²) in [7, 11) is 0. The van der Waals surface area contributed by atoms with Gasteiger partial charge in [-0.3, -0.25) is 19.3 Å². The zero-order valence-corrected chi connectivity index (χ0v) is 21.5. The quantitative estimate of drug-likeness (QED) is 0.233. The zero-order chi connectivity index (χ0) is 26.6. The van der Waals surface area contributed by atoms with Crippen LogP contribution < -0.4 is 4.90 Å². The number of esters is 1. The molecular formula is C31H26ClNO5. The van der Waals surface area contributed by atoms with Crippen molar-refractivity contribution < 1.29 is 23.9 Å². The van der Waals surface area contributed by atoms with Crippen LogP contribution in [0, 0.1) is 23.7 Å². The first-order valence-corrected chi connectivity index (χ1v) is 13.2. The zero-order valence-electron chi connectivity index (χ0n) is 20.8. The molecule has 7 heteroatoms. The summed E-state index contributed by atoms with van der Waals surface area (Å²) in [6, 6.07) is 22.9. The van der Waals surface area contributed by atoms with Crippen LogP contribution in [0.15, 0.2) is 78.9 Å². The molecule has 3 aliphatic rings. The molecule has 6 rings (SSSR count). The number of anilines is 1. The summed E-state index contributed by atoms with van der Waals surface area (Å²) in [5.41, 5.74) is 2.13. The van der Waals surface area contributed by atoms with Gasteiger partial charge in [-0.25, -0.2) is 4.79 Å². The van der Waals surface area contributed by atoms with Crippen LogP contribution in [-0.4, -0.2) is 29.7 Å². The van der Waals surface area contributed by atoms with Crippen molar-refractivity contribution in [3.63, 3.8) is 0 Å². The first kappa shape index (κ1) is 24.6. The number of fused-ring (bicyclic) bond motifs is 5. The first-order valence-electron chi connectivity index (χ1n) is 12.9. The third-order valence-corrected chi connectivity index (χ3v) is 8.62. The van der Waals surface area contributed by atoms with E-state index < -0.39 is 12.1 Å². The molecule has 1 heterocycles. The number of carbonyl (C=O) groups is 4. The maximum Gasteiger partial charge on any atom is 0.338 e. The Kier molecular flexibility index (Phi) is 6.15. The maximum absolute atomic E-state index is 13.6. The van der Waals surface area contributed by atoms with Gasteiger partial charge in [0.25, 0.3) is 0 Å². The molecule has 2 aliphatic carbocycles. The van der Waals surface area contributed by atoms with Gasteiger partial charge in [0.05, 0.1) is 23.1 Å². The van der Waals surface area contributed by atoms with Crippen molar-refractivity contribution >= 4 is 40.9 Å². The van der Waals surface area contributed by atoms with Crippen molar-refractivity contribution in [3.05, 3.63) is 101 Å². The van der Waals surface area contributed by atoms with Crippen LogP contribution in [0.4, 0.5) is 5.69 Å². The molecular weight excluding hydrogens is 502 g/mol. The van der Waals surface area contributed by atoms with E-state index in [9.17, 15) is 19.2 Å². The largest absolute Gasteiger partial charge is 0.451 e. The lowest BCUT2D eigenvalue weighted by Gasteiger charge is -2.28. The molecule has 1 saturated heterocycles. The van der Waals surface area contributed by atoms with Crippen molar-refractivity contribution in [2.45, 2.75) is 31.8 Å². The fourth-order valence-electron chi connectivity index (χ4n) is 6.70. The standard InChI is InChI=1S/C31H26ClNO5/c1-17(28(34)19-10-12-22(32)13-11-19)38-31(37)20-8-5-9-23(14-20)33-29(35)26-21-15-24(18-6-3-2-4-7-18)25(16-21)27(26)30(33)36/h2-14,17,21,24-27H,15-16H2,1H3/t17-,21-,24+,25-,26-,27+/m1/s1. The highest BCUT2D eigenvalue weighted by molar-refractivity contribution is 6.30. The molecule has 3 fully saturated rings. The number of hydrogen-bond acceptors (Lipinski definition) is 5. The van der Waals surface area contributed by atoms with E-state index in [1.54, 1.807) is 42.5 Å². The molecule has 0 spiro atoms. The molecule has 0 radical (unpaired) electrons. The van der Waals surface area contributed by atoms with Crippen molar-refractivity contribution in [1.82, 2.24) is 0 Å². The predicted molar refractivity (Wildman–Crippen MR) is 142 cm³/mol. The van der Waals surface area contributed by atoms with Crippen LogP contribution in [0.1, 0.15) is 52.0 Å². The van der Waals surface area contributed by atoms with Gasteiger partial charge in [0.1, 0.15) is 0 Å². The third-order valence-electron chi connectivity index (χ3n) is 8.37. The molecule has 1 aliphatic heterocycles. The number of hydrogen-bond donors (Lipinski definition) is 0. The van der Waals surface area contributed by atoms with Crippen molar-refractivity contribution in [3.8, 4) is 0 Å². The Morgan fingerprint density at radius 1 is 0.868 bits per heavy atom. The molecule has 3 aromatic rings. The van der Waals surface area contributed by atoms with Gasteiger partial charge in [-0.1, -0.05) is 48.0 Å². The van der Waals surface area contributed by atoms with E-state index in [1.807, 2.05) is 18.2 Å². The number of ketones is 1. The number of benzene rings is 3. The topological polar surface area (TPSA) is 80.8 Å². The minimum absolute atomic E-state index is 0.140. The van der Waals surface area contributed by atoms with E-state index in [4.69, 9.17) is 16.3 Å². The number of Topliss-reactive ketones (excluding diaryl/α,β-unsaturated/α-hetero) is 1. The molecule has 2 bridgehead atoms. The van der Waals surface area contributed by atoms with Gasteiger partial charge in [0, 0.05) is 10.6 Å². The Balaban J connectivity index is 1.19. The Morgan fingerprint density at radius 2 is 1.58 bits per heavy atom. The lowest BCUT2D eigenvalue weighted by atomic mass is 9.73. The summed E-state index contributed by atoms with van der Waals surface area (Å²) in [5, 5.41) is 0.502. The number of amides is 2. The second-order valence-corrected chi connectivity index (χ2v) is 10.9. The fraction of sp³-hybridized carbons (Fsp3) is 0.290. The highest BCUT2D eigenvalue weighted by Gasteiger charge is 2.64. The van der Waals surface area contributed by atoms with Gasteiger partial charge < -0.3 is 4.74 Å². The minimum Gasteiger partial charge on any atom is -0.451 e. The van der Waals surface area contributed by atoms with Crippen LogP contribution in [0.25, 0.3) is 0 Å². The van der Waals surface area contributed by atoms with Crippen LogP contribution >= 0.6 is 11.6 Å². The van der Waals surface area contributed by atoms with Crippen LogP contribution in [0.5, 0.6) is 0 Å². The van der Waals surface area contributed by atoms with Gasteiger partial charge in [-0.15, -0.1) is 0 Å². The number of imide groups is 1. The highest BCUT2D eigenvalue weighted by Crippen LogP contribution is 2.61. The van der Waals surface area contributed by atoms with Gasteiger partial charge >= 0.3 is 5.97 Å². The molecule has 6 atom stereocenters. The van der Waals surface area contributed by atoms with E-state index in [0.29, 0.717) is 16.3 Å². The molecule has 6 nitrogen and oxygen atoms in total. The number of halogens is 1. The third kappa shape index (κ3) is 4.04. The van der Waals surface area contributed by atoms with Gasteiger partial charge in [0.15, 0.2) is 6.10 Å². The summed E-state index contributed by atoms with van der Waals surface area (Å²) in [4.78, 5) is 54.0. The molecule has 0 N–H and O–H groups in total. The molecule has 192 valence electrons. The fourth-order valence-corrected chi connectivity index (χ4v) is 6.83. The molecule has 2 saturated carbocycles. The van der Waals surface area contributed by atoms with E-state index >= 15 is 0 Å². The summed E-state index contributed by atoms with van der Waals surface area (Å²) in [5.74, 6) is -1.47. The van der Waals surface area contributed by atoms with Crippen LogP contribution in [-0.2, 0) is 14.3 Å². The average Bonchev–Trinajstić information content (AvgIpc) is 3.60. The highest BCUT2D eigenvalue weighted by atomic mass is 35.5. The molecule has 0 aromatic heterocycles. The number of nitrogens with zero attached hydrogens (tertiary/aromatic N) is 1. The van der Waals surface area contributed by atoms with E-state index in [1.165, 1.54) is 23.5 Å². The molecule has 2 amide bonds. The van der Waals surface area contributed by atoms with Gasteiger partial charge in [0.2, 0.25) is 17.6 Å². The number of rotatable bonds is 6. The second-order valence-electron chi connectivity index (χ2n) is 10.4. The van der Waals surface area contributed by atoms with Crippen LogP contribution in [0.3, 0.4) is 0 Å². The normalized spacial score (nSPS) is 26.4. The summed E-state index contributed by atoms with van der Waals surface area (Å²) in [6.07, 6.45) is 0.785. The number of carbonyl (C=O) groups excluding carboxylic acids is 4.